The Bertz CT molecular complexity index is 925. The van der Waals surface area contributed by atoms with Gasteiger partial charge in [-0.2, -0.15) is 0 Å². The molecule has 3 aromatic rings. The lowest BCUT2D eigenvalue weighted by atomic mass is 10.1. The van der Waals surface area contributed by atoms with E-state index >= 15 is 0 Å². The van der Waals surface area contributed by atoms with Crippen LogP contribution in [0.5, 0.6) is 0 Å². The summed E-state index contributed by atoms with van der Waals surface area (Å²) in [7, 11) is 0. The molecule has 0 aliphatic rings. The molecule has 0 radical (unpaired) electrons. The summed E-state index contributed by atoms with van der Waals surface area (Å²) >= 11 is 1.16. The van der Waals surface area contributed by atoms with Crippen LogP contribution in [0.1, 0.15) is 29.8 Å². The number of hydrogen-bond donors (Lipinski definition) is 1. The van der Waals surface area contributed by atoms with Gasteiger partial charge in [-0.25, -0.2) is 13.8 Å². The first kappa shape index (κ1) is 18.3. The highest BCUT2D eigenvalue weighted by molar-refractivity contribution is 8.00. The number of thioether (sulfide) groups is 1. The van der Waals surface area contributed by atoms with E-state index in [1.165, 1.54) is 11.6 Å². The molecule has 3 rings (SSSR count). The van der Waals surface area contributed by atoms with E-state index in [2.05, 4.69) is 22.1 Å². The van der Waals surface area contributed by atoms with E-state index < -0.39 is 16.9 Å². The van der Waals surface area contributed by atoms with Crippen LogP contribution in [-0.2, 0) is 6.42 Å². The van der Waals surface area contributed by atoms with Gasteiger partial charge in [0.15, 0.2) is 23.2 Å². The Hall–Kier alpha value is -2.54. The third-order valence-electron chi connectivity index (χ3n) is 3.96. The van der Waals surface area contributed by atoms with Gasteiger partial charge >= 0.3 is 0 Å². The molecule has 0 bridgehead atoms. The van der Waals surface area contributed by atoms with Crippen LogP contribution in [-0.4, -0.2) is 26.2 Å². The Balaban J connectivity index is 1.71. The van der Waals surface area contributed by atoms with Crippen molar-refractivity contribution < 1.29 is 13.6 Å². The summed E-state index contributed by atoms with van der Waals surface area (Å²) in [5.41, 5.74) is 2.25. The van der Waals surface area contributed by atoms with Crippen molar-refractivity contribution in [1.29, 1.82) is 0 Å². The van der Waals surface area contributed by atoms with Crippen LogP contribution in [0.3, 0.4) is 0 Å². The fourth-order valence-electron chi connectivity index (χ4n) is 2.42. The highest BCUT2D eigenvalue weighted by Crippen LogP contribution is 2.25. The van der Waals surface area contributed by atoms with E-state index in [9.17, 15) is 13.6 Å². The summed E-state index contributed by atoms with van der Waals surface area (Å²) in [5.74, 6) is -1.71. The van der Waals surface area contributed by atoms with Gasteiger partial charge in [-0.05, 0) is 37.1 Å². The molecule has 0 aliphatic heterocycles. The summed E-state index contributed by atoms with van der Waals surface area (Å²) in [6.07, 6.45) is 0.960. The molecule has 4 nitrogen and oxygen atoms in total. The maximum absolute atomic E-state index is 13.3. The molecular formula is C19H17F2N3OS. The molecule has 0 unspecified atom stereocenters. The highest BCUT2D eigenvalue weighted by Gasteiger charge is 2.20. The van der Waals surface area contributed by atoms with E-state index in [1.54, 1.807) is 6.92 Å². The molecule has 7 heteroatoms. The number of H-pyrrole nitrogens is 1. The summed E-state index contributed by atoms with van der Waals surface area (Å²) < 4.78 is 26.3. The molecule has 0 saturated heterocycles. The number of rotatable bonds is 6. The number of ketones is 1. The molecule has 0 spiro atoms. The largest absolute Gasteiger partial charge is 0.293 e. The van der Waals surface area contributed by atoms with Crippen molar-refractivity contribution in [3.8, 4) is 11.4 Å². The Morgan fingerprint density at radius 1 is 1.15 bits per heavy atom. The van der Waals surface area contributed by atoms with Crippen molar-refractivity contribution in [2.75, 3.05) is 0 Å². The maximum Gasteiger partial charge on any atom is 0.209 e. The Kier molecular flexibility index (Phi) is 5.46. The molecule has 1 N–H and O–H groups in total. The smallest absolute Gasteiger partial charge is 0.209 e. The number of halogens is 2. The van der Waals surface area contributed by atoms with Gasteiger partial charge in [0.05, 0.1) is 5.25 Å². The zero-order valence-electron chi connectivity index (χ0n) is 14.3. The summed E-state index contributed by atoms with van der Waals surface area (Å²) in [6.45, 7) is 3.77. The normalized spacial score (nSPS) is 12.2. The van der Waals surface area contributed by atoms with Gasteiger partial charge in [0.1, 0.15) is 0 Å². The maximum atomic E-state index is 13.3. The lowest BCUT2D eigenvalue weighted by molar-refractivity contribution is 0.0993. The molecule has 1 aromatic heterocycles. The minimum atomic E-state index is -1.04. The van der Waals surface area contributed by atoms with E-state index in [0.717, 1.165) is 35.9 Å². The number of benzene rings is 2. The molecule has 2 aromatic carbocycles. The molecule has 1 heterocycles. The van der Waals surface area contributed by atoms with Crippen LogP contribution in [0.4, 0.5) is 8.78 Å². The lowest BCUT2D eigenvalue weighted by Crippen LogP contribution is -2.14. The van der Waals surface area contributed by atoms with Gasteiger partial charge in [-0.3, -0.25) is 9.89 Å². The molecule has 26 heavy (non-hydrogen) atoms. The number of carbonyl (C=O) groups excluding carboxylic acids is 1. The first-order valence-corrected chi connectivity index (χ1v) is 9.03. The topological polar surface area (TPSA) is 58.6 Å². The Morgan fingerprint density at radius 2 is 1.88 bits per heavy atom. The minimum Gasteiger partial charge on any atom is -0.293 e. The number of aromatic amines is 1. The van der Waals surface area contributed by atoms with E-state index in [4.69, 9.17) is 0 Å². The number of Topliss-reactive ketones (excluding diaryl/α,β-unsaturated/α-hetero) is 1. The number of carbonyl (C=O) groups is 1. The lowest BCUT2D eigenvalue weighted by Gasteiger charge is -2.08. The van der Waals surface area contributed by atoms with Gasteiger partial charge < -0.3 is 0 Å². The predicted octanol–water partition coefficient (Wildman–Crippen LogP) is 4.68. The molecule has 0 saturated carbocycles. The third kappa shape index (κ3) is 3.99. The minimum absolute atomic E-state index is 0.120. The van der Waals surface area contributed by atoms with E-state index in [1.807, 2.05) is 24.3 Å². The summed E-state index contributed by atoms with van der Waals surface area (Å²) in [4.78, 5) is 16.8. The first-order valence-electron chi connectivity index (χ1n) is 8.15. The molecule has 1 atom stereocenters. The first-order chi connectivity index (χ1) is 12.5. The van der Waals surface area contributed by atoms with Crippen LogP contribution in [0.15, 0.2) is 47.6 Å². The Morgan fingerprint density at radius 3 is 2.54 bits per heavy atom. The van der Waals surface area contributed by atoms with E-state index in [0.29, 0.717) is 11.0 Å². The standard InChI is InChI=1S/C19H17F2N3OS/c1-3-12-4-6-13(7-5-12)18-22-19(24-23-18)26-11(2)17(25)14-8-9-15(20)16(21)10-14/h4-11H,3H2,1-2H3,(H,22,23,24)/t11-/m0/s1. The van der Waals surface area contributed by atoms with Crippen molar-refractivity contribution in [3.63, 3.8) is 0 Å². The third-order valence-corrected chi connectivity index (χ3v) is 4.92. The van der Waals surface area contributed by atoms with Crippen LogP contribution >= 0.6 is 11.8 Å². The fourth-order valence-corrected chi connectivity index (χ4v) is 3.22. The molecular weight excluding hydrogens is 356 g/mol. The number of aromatic nitrogens is 3. The van der Waals surface area contributed by atoms with Gasteiger partial charge in [0.25, 0.3) is 0 Å². The zero-order chi connectivity index (χ0) is 18.7. The van der Waals surface area contributed by atoms with Crippen molar-refractivity contribution in [3.05, 3.63) is 65.2 Å². The Labute approximate surface area is 154 Å². The average Bonchev–Trinajstić information content (AvgIpc) is 3.12. The fraction of sp³-hybridized carbons (Fsp3) is 0.211. The van der Waals surface area contributed by atoms with Gasteiger partial charge in [-0.1, -0.05) is 43.0 Å². The van der Waals surface area contributed by atoms with Crippen molar-refractivity contribution >= 4 is 17.5 Å². The second-order valence-corrected chi connectivity index (χ2v) is 7.08. The van der Waals surface area contributed by atoms with Crippen LogP contribution in [0.2, 0.25) is 0 Å². The molecule has 134 valence electrons. The van der Waals surface area contributed by atoms with Crippen LogP contribution in [0.25, 0.3) is 11.4 Å². The number of nitrogens with one attached hydrogen (secondary N) is 1. The molecule has 0 aliphatic carbocycles. The number of aryl methyl sites for hydroxylation is 1. The van der Waals surface area contributed by atoms with Crippen LogP contribution < -0.4 is 0 Å². The van der Waals surface area contributed by atoms with Gasteiger partial charge in [0, 0.05) is 11.1 Å². The molecule has 0 amide bonds. The predicted molar refractivity (Wildman–Crippen MR) is 97.2 cm³/mol. The number of nitrogens with zero attached hydrogens (tertiary/aromatic N) is 2. The van der Waals surface area contributed by atoms with E-state index in [-0.39, 0.29) is 11.3 Å². The van der Waals surface area contributed by atoms with Gasteiger partial charge in [-0.15, -0.1) is 5.10 Å². The van der Waals surface area contributed by atoms with Crippen molar-refractivity contribution in [1.82, 2.24) is 15.2 Å². The second kappa shape index (κ2) is 7.78. The monoisotopic (exact) mass is 373 g/mol. The van der Waals surface area contributed by atoms with Crippen molar-refractivity contribution in [2.45, 2.75) is 30.7 Å². The number of hydrogen-bond acceptors (Lipinski definition) is 4. The average molecular weight is 373 g/mol. The zero-order valence-corrected chi connectivity index (χ0v) is 15.1. The highest BCUT2D eigenvalue weighted by atomic mass is 32.2. The quantitative estimate of drug-likeness (QED) is 0.504. The van der Waals surface area contributed by atoms with Crippen molar-refractivity contribution in [2.24, 2.45) is 0 Å². The SMILES string of the molecule is CCc1ccc(-c2nc(S[C@@H](C)C(=O)c3ccc(F)c(F)c3)n[nH]2)cc1. The molecule has 0 fully saturated rings. The second-order valence-electron chi connectivity index (χ2n) is 5.77. The summed E-state index contributed by atoms with van der Waals surface area (Å²) in [5, 5.41) is 6.86. The van der Waals surface area contributed by atoms with Crippen LogP contribution in [0, 0.1) is 11.6 Å². The van der Waals surface area contributed by atoms with Gasteiger partial charge in [0.2, 0.25) is 5.16 Å². The summed E-state index contributed by atoms with van der Waals surface area (Å²) in [6, 6.07) is 11.1.